The fourth-order valence-electron chi connectivity index (χ4n) is 6.19. The number of carboxylic acid groups (broad SMARTS) is 1. The van der Waals surface area contributed by atoms with Gasteiger partial charge in [0.2, 0.25) is 5.91 Å². The molecule has 1 saturated heterocycles. The number of alkyl halides is 3. The van der Waals surface area contributed by atoms with E-state index in [0.717, 1.165) is 42.2 Å². The molecular weight excluding hydrogens is 647 g/mol. The van der Waals surface area contributed by atoms with Crippen molar-refractivity contribution >= 4 is 45.6 Å². The fourth-order valence-corrected chi connectivity index (χ4v) is 7.22. The van der Waals surface area contributed by atoms with Crippen LogP contribution < -0.4 is 10.1 Å². The maximum atomic E-state index is 13.8. The summed E-state index contributed by atoms with van der Waals surface area (Å²) in [6.07, 6.45) is 0.811. The van der Waals surface area contributed by atoms with Crippen molar-refractivity contribution in [3.8, 4) is 5.75 Å². The third kappa shape index (κ3) is 7.03. The number of carbonyl (C=O) groups excluding carboxylic acids is 2. The number of likely N-dealkylation sites (N-methyl/N-ethyl adjacent to an activating group) is 1. The van der Waals surface area contributed by atoms with E-state index >= 15 is 0 Å². The first-order valence-corrected chi connectivity index (χ1v) is 16.8. The number of rotatable bonds is 12. The van der Waals surface area contributed by atoms with Gasteiger partial charge in [-0.15, -0.1) is 24.9 Å². The minimum Gasteiger partial charge on any atom is -0.488 e. The van der Waals surface area contributed by atoms with Gasteiger partial charge >= 0.3 is 18.2 Å². The molecule has 1 aromatic heterocycles. The number of pyridine rings is 1. The van der Waals surface area contributed by atoms with Gasteiger partial charge in [-0.3, -0.25) is 9.79 Å². The Hall–Kier alpha value is -4.07. The first kappa shape index (κ1) is 35.2. The number of hydrogen-bond acceptors (Lipinski definition) is 7. The maximum Gasteiger partial charge on any atom is 0.411 e. The molecule has 5 atom stereocenters. The van der Waals surface area contributed by atoms with Gasteiger partial charge in [-0.25, -0.2) is 14.6 Å². The molecule has 5 unspecified atom stereocenters. The molecule has 2 aromatic rings. The summed E-state index contributed by atoms with van der Waals surface area (Å²) in [5.41, 5.74) is 1.06. The summed E-state index contributed by atoms with van der Waals surface area (Å²) in [5.74, 6) is -1.85. The van der Waals surface area contributed by atoms with Crippen LogP contribution in [0.5, 0.6) is 5.75 Å². The van der Waals surface area contributed by atoms with Crippen molar-refractivity contribution in [2.75, 3.05) is 25.9 Å². The molecule has 1 saturated carbocycles. The number of benzene rings is 1. The molecule has 14 heteroatoms. The van der Waals surface area contributed by atoms with E-state index in [2.05, 4.69) is 23.5 Å². The highest BCUT2D eigenvalue weighted by molar-refractivity contribution is 8.14. The summed E-state index contributed by atoms with van der Waals surface area (Å²) >= 11 is 0.977. The number of hydrogen-bond donors (Lipinski definition) is 2. The summed E-state index contributed by atoms with van der Waals surface area (Å²) in [5, 5.41) is 13.3. The molecule has 258 valence electrons. The number of halogens is 3. The lowest BCUT2D eigenvalue weighted by molar-refractivity contribution is -0.141. The molecular formula is C34H40F3N5O5S. The van der Waals surface area contributed by atoms with E-state index in [-0.39, 0.29) is 41.8 Å². The molecule has 48 heavy (non-hydrogen) atoms. The van der Waals surface area contributed by atoms with E-state index in [1.165, 1.54) is 11.0 Å². The molecule has 0 radical (unpaired) electrons. The number of carboxylic acids is 1. The minimum atomic E-state index is -4.48. The normalized spacial score (nSPS) is 25.0. The highest BCUT2D eigenvalue weighted by Gasteiger charge is 2.61. The third-order valence-electron chi connectivity index (χ3n) is 9.36. The fraction of sp³-hybridized carbons (Fsp3) is 0.500. The van der Waals surface area contributed by atoms with Crippen LogP contribution in [0.2, 0.25) is 0 Å². The largest absolute Gasteiger partial charge is 0.488 e. The van der Waals surface area contributed by atoms with Gasteiger partial charge in [-0.05, 0) is 56.7 Å². The van der Waals surface area contributed by atoms with E-state index < -0.39 is 47.8 Å². The van der Waals surface area contributed by atoms with Gasteiger partial charge in [0.25, 0.3) is 0 Å². The van der Waals surface area contributed by atoms with Crippen LogP contribution >= 0.6 is 11.8 Å². The molecule has 3 heterocycles. The van der Waals surface area contributed by atoms with Gasteiger partial charge in [0.15, 0.2) is 6.04 Å². The van der Waals surface area contributed by atoms with Crippen molar-refractivity contribution in [3.63, 3.8) is 0 Å². The number of nitrogens with zero attached hydrogens (tertiary/aromatic N) is 4. The van der Waals surface area contributed by atoms with Crippen LogP contribution in [0.3, 0.4) is 0 Å². The Morgan fingerprint density at radius 1 is 1.25 bits per heavy atom. The first-order valence-electron chi connectivity index (χ1n) is 15.9. The molecule has 1 aliphatic carbocycles. The van der Waals surface area contributed by atoms with Gasteiger partial charge in [-0.2, -0.15) is 13.2 Å². The Morgan fingerprint density at radius 2 is 2.00 bits per heavy atom. The van der Waals surface area contributed by atoms with Crippen molar-refractivity contribution in [1.29, 1.82) is 0 Å². The van der Waals surface area contributed by atoms with Crippen molar-refractivity contribution in [2.45, 2.75) is 75.9 Å². The average Bonchev–Trinajstić information content (AvgIpc) is 3.34. The minimum absolute atomic E-state index is 0.0309. The predicted octanol–water partition coefficient (Wildman–Crippen LogP) is 5.65. The topological polar surface area (TPSA) is 124 Å². The van der Waals surface area contributed by atoms with Crippen molar-refractivity contribution in [3.05, 3.63) is 60.3 Å². The number of thioether (sulfide) groups is 1. The van der Waals surface area contributed by atoms with Crippen molar-refractivity contribution in [1.82, 2.24) is 20.1 Å². The number of fused-ring (bicyclic) bond motifs is 1. The Morgan fingerprint density at radius 3 is 2.62 bits per heavy atom. The molecule has 0 bridgehead atoms. The van der Waals surface area contributed by atoms with E-state index in [4.69, 9.17) is 9.72 Å². The Bertz CT molecular complexity index is 1670. The SMILES string of the molecule is C=CCCCCN(C)C(=O)C1CC(Oc2cc(C3=NC(C(F)(F)F)CS3)nc3c(C)c(C)ccc23)CN1C(=O)NC1(C(=O)O)CC1C=C. The van der Waals surface area contributed by atoms with Crippen LogP contribution in [0.1, 0.15) is 48.9 Å². The highest BCUT2D eigenvalue weighted by Crippen LogP contribution is 2.45. The number of amides is 3. The number of urea groups is 1. The zero-order valence-corrected chi connectivity index (χ0v) is 28.0. The number of nitrogens with one attached hydrogen (secondary N) is 1. The monoisotopic (exact) mass is 687 g/mol. The van der Waals surface area contributed by atoms with Crippen LogP contribution in [-0.2, 0) is 9.59 Å². The molecule has 10 nitrogen and oxygen atoms in total. The Labute approximate surface area is 281 Å². The number of aliphatic carboxylic acids is 1. The second-order valence-electron chi connectivity index (χ2n) is 12.7. The third-order valence-corrected chi connectivity index (χ3v) is 10.4. The van der Waals surface area contributed by atoms with Crippen molar-refractivity contribution in [2.24, 2.45) is 10.9 Å². The zero-order chi connectivity index (χ0) is 35.0. The number of unbranched alkanes of at least 4 members (excludes halogenated alkanes) is 2. The highest BCUT2D eigenvalue weighted by atomic mass is 32.2. The van der Waals surface area contributed by atoms with E-state index in [1.807, 2.05) is 32.1 Å². The van der Waals surface area contributed by atoms with Gasteiger partial charge in [0.05, 0.1) is 17.8 Å². The van der Waals surface area contributed by atoms with E-state index in [9.17, 15) is 32.7 Å². The molecule has 1 aromatic carbocycles. The summed E-state index contributed by atoms with van der Waals surface area (Å²) in [4.78, 5) is 51.1. The molecule has 2 aliphatic heterocycles. The molecule has 2 N–H and O–H groups in total. The van der Waals surface area contributed by atoms with E-state index in [0.29, 0.717) is 23.2 Å². The zero-order valence-electron chi connectivity index (χ0n) is 27.2. The molecule has 3 amide bonds. The summed E-state index contributed by atoms with van der Waals surface area (Å²) < 4.78 is 46.9. The van der Waals surface area contributed by atoms with Crippen LogP contribution in [0.4, 0.5) is 18.0 Å². The number of allylic oxidation sites excluding steroid dienone is 1. The smallest absolute Gasteiger partial charge is 0.411 e. The number of likely N-dealkylation sites (tertiary alicyclic amines) is 1. The Balaban J connectivity index is 1.46. The number of ether oxygens (including phenoxy) is 1. The van der Waals surface area contributed by atoms with Gasteiger partial charge in [-0.1, -0.05) is 18.2 Å². The van der Waals surface area contributed by atoms with Crippen LogP contribution in [0.25, 0.3) is 10.9 Å². The molecule has 3 aliphatic rings. The quantitative estimate of drug-likeness (QED) is 0.218. The van der Waals surface area contributed by atoms with Gasteiger partial charge in [0, 0.05) is 43.1 Å². The van der Waals surface area contributed by atoms with E-state index in [1.54, 1.807) is 18.0 Å². The number of aromatic nitrogens is 1. The predicted molar refractivity (Wildman–Crippen MR) is 178 cm³/mol. The number of aryl methyl sites for hydroxylation is 2. The second-order valence-corrected chi connectivity index (χ2v) is 13.7. The molecule has 0 spiro atoms. The molecule has 5 rings (SSSR count). The lowest BCUT2D eigenvalue weighted by atomic mass is 10.0. The van der Waals surface area contributed by atoms with Crippen molar-refractivity contribution < 1.29 is 37.4 Å². The lowest BCUT2D eigenvalue weighted by Gasteiger charge is -2.29. The van der Waals surface area contributed by atoms with Gasteiger partial charge in [0.1, 0.15) is 28.5 Å². The summed E-state index contributed by atoms with van der Waals surface area (Å²) in [6.45, 7) is 11.6. The molecule has 2 fully saturated rings. The van der Waals surface area contributed by atoms with Crippen LogP contribution in [0.15, 0.2) is 48.5 Å². The summed E-state index contributed by atoms with van der Waals surface area (Å²) in [7, 11) is 1.66. The maximum absolute atomic E-state index is 13.8. The van der Waals surface area contributed by atoms with Crippen LogP contribution in [0, 0.1) is 19.8 Å². The standard InChI is InChI=1S/C34H40F3N5O5S/c1-6-8-9-10-13-41(5)30(43)25-14-22(17-42(25)32(46)40-33(31(44)45)16-21(33)7-2)47-26-15-24(29-39-27(18-48-29)34(35,36)37)38-28-20(4)19(3)11-12-23(26)28/h6-7,11-12,15,21-22,25,27H,1-2,8-10,13-14,16-18H2,3-5H3,(H,40,46)(H,44,45). The Kier molecular flexibility index (Phi) is 10.1. The average molecular weight is 688 g/mol. The number of carbonyl (C=O) groups is 3. The lowest BCUT2D eigenvalue weighted by Crippen LogP contribution is -2.55. The van der Waals surface area contributed by atoms with Gasteiger partial charge < -0.3 is 25.0 Å². The summed E-state index contributed by atoms with van der Waals surface area (Å²) in [6, 6.07) is 1.81. The number of aliphatic imine (C=N–C) groups is 1. The second kappa shape index (κ2) is 13.8. The first-order chi connectivity index (χ1) is 22.7. The van der Waals surface area contributed by atoms with Crippen LogP contribution in [-0.4, -0.2) is 98.6 Å².